The lowest BCUT2D eigenvalue weighted by Crippen LogP contribution is -2.61. The zero-order valence-electron chi connectivity index (χ0n) is 28.1. The lowest BCUT2D eigenvalue weighted by Gasteiger charge is -2.49. The molecule has 250 valence electrons. The molecule has 4 heterocycles. The number of hydrogen-bond donors (Lipinski definition) is 0. The number of methoxy groups -OCH3 is 2. The molecule has 0 spiro atoms. The third-order valence-corrected chi connectivity index (χ3v) is 15.0. The van der Waals surface area contributed by atoms with Crippen molar-refractivity contribution in [2.45, 2.75) is 158 Å². The second-order valence-electron chi connectivity index (χ2n) is 14.8. The van der Waals surface area contributed by atoms with Gasteiger partial charge in [-0.3, -0.25) is 4.79 Å². The fourth-order valence-corrected chi connectivity index (χ4v) is 7.65. The van der Waals surface area contributed by atoms with Crippen LogP contribution in [0.15, 0.2) is 0 Å². The van der Waals surface area contributed by atoms with Crippen LogP contribution in [0.3, 0.4) is 0 Å². The molecule has 4 saturated heterocycles. The summed E-state index contributed by atoms with van der Waals surface area (Å²) in [4.78, 5) is 13.4. The number of rotatable bonds is 12. The highest BCUT2D eigenvalue weighted by Gasteiger charge is 2.55. The molecule has 4 aliphatic heterocycles. The van der Waals surface area contributed by atoms with Gasteiger partial charge in [0.25, 0.3) is 0 Å². The van der Waals surface area contributed by atoms with E-state index in [1.807, 2.05) is 0 Å². The molecule has 4 aliphatic rings. The van der Waals surface area contributed by atoms with Crippen molar-refractivity contribution in [2.24, 2.45) is 0 Å². The Kier molecular flexibility index (Phi) is 12.0. The minimum atomic E-state index is -1.96. The van der Waals surface area contributed by atoms with E-state index in [0.29, 0.717) is 26.1 Å². The summed E-state index contributed by atoms with van der Waals surface area (Å²) >= 11 is 0. The van der Waals surface area contributed by atoms with E-state index < -0.39 is 25.6 Å². The maximum Gasteiger partial charge on any atom is 0.192 e. The van der Waals surface area contributed by atoms with Gasteiger partial charge in [-0.1, -0.05) is 20.8 Å². The standard InChI is InChI=1S/C32H58O10Si/c1-30(2,3)43(8,9)38-19-22-17-23(33)29-26(39-22)18-28-32(5,42-29)15-13-24-25(41-28)12-14-31(4,37-21-35-7)27(40-24)11-10-16-36-20-34-6/h22,24-29H,10-21H2,1-9H3/t22-,24-,25+,26+,27+,28-,29-,31-,32+/m0/s1. The van der Waals surface area contributed by atoms with E-state index in [2.05, 4.69) is 47.7 Å². The van der Waals surface area contributed by atoms with E-state index in [1.165, 1.54) is 0 Å². The van der Waals surface area contributed by atoms with Crippen LogP contribution in [0, 0.1) is 0 Å². The highest BCUT2D eigenvalue weighted by Crippen LogP contribution is 2.46. The van der Waals surface area contributed by atoms with Gasteiger partial charge in [-0.15, -0.1) is 0 Å². The van der Waals surface area contributed by atoms with Crippen molar-refractivity contribution in [2.75, 3.05) is 41.0 Å². The number of hydrogen-bond acceptors (Lipinski definition) is 10. The van der Waals surface area contributed by atoms with Crippen LogP contribution in [0.1, 0.15) is 86.0 Å². The van der Waals surface area contributed by atoms with Gasteiger partial charge < -0.3 is 42.3 Å². The Morgan fingerprint density at radius 1 is 0.953 bits per heavy atom. The number of ketones is 1. The van der Waals surface area contributed by atoms with E-state index in [-0.39, 0.29) is 61.0 Å². The van der Waals surface area contributed by atoms with Gasteiger partial charge in [0.1, 0.15) is 19.7 Å². The van der Waals surface area contributed by atoms with E-state index in [4.69, 9.17) is 42.3 Å². The molecule has 43 heavy (non-hydrogen) atoms. The molecule has 0 amide bonds. The van der Waals surface area contributed by atoms with Crippen LogP contribution in [0.2, 0.25) is 18.1 Å². The summed E-state index contributed by atoms with van der Waals surface area (Å²) in [6.45, 7) is 16.8. The van der Waals surface area contributed by atoms with Crippen molar-refractivity contribution < 1.29 is 47.1 Å². The normalized spacial score (nSPS) is 38.9. The largest absolute Gasteiger partial charge is 0.414 e. The maximum atomic E-state index is 13.4. The smallest absolute Gasteiger partial charge is 0.192 e. The van der Waals surface area contributed by atoms with Crippen molar-refractivity contribution in [3.8, 4) is 0 Å². The monoisotopic (exact) mass is 630 g/mol. The average Bonchev–Trinajstić information content (AvgIpc) is 3.15. The van der Waals surface area contributed by atoms with Gasteiger partial charge in [0.05, 0.1) is 54.4 Å². The Hall–Kier alpha value is -0.473. The molecular formula is C32H58O10Si. The molecule has 0 N–H and O–H groups in total. The lowest BCUT2D eigenvalue weighted by molar-refractivity contribution is -0.260. The Bertz CT molecular complexity index is 911. The fraction of sp³-hybridized carbons (Fsp3) is 0.969. The van der Waals surface area contributed by atoms with Crippen LogP contribution < -0.4 is 0 Å². The molecule has 4 rings (SSSR count). The van der Waals surface area contributed by atoms with Gasteiger partial charge in [-0.05, 0) is 70.5 Å². The summed E-state index contributed by atoms with van der Waals surface area (Å²) in [5.74, 6) is 0.108. The van der Waals surface area contributed by atoms with Crippen molar-refractivity contribution in [3.05, 3.63) is 0 Å². The Balaban J connectivity index is 1.43. The number of carbonyl (C=O) groups is 1. The lowest BCUT2D eigenvalue weighted by atomic mass is 9.82. The summed E-state index contributed by atoms with van der Waals surface area (Å²) in [6.07, 6.45) is 3.92. The van der Waals surface area contributed by atoms with Crippen molar-refractivity contribution in [1.82, 2.24) is 0 Å². The molecule has 0 aromatic carbocycles. The van der Waals surface area contributed by atoms with Crippen molar-refractivity contribution >= 4 is 14.1 Å². The molecule has 0 aliphatic carbocycles. The summed E-state index contributed by atoms with van der Waals surface area (Å²) in [5, 5.41) is 0.0942. The second kappa shape index (κ2) is 14.5. The van der Waals surface area contributed by atoms with Gasteiger partial charge in [-0.2, -0.15) is 0 Å². The fourth-order valence-electron chi connectivity index (χ4n) is 6.61. The number of fused-ring (bicyclic) bond motifs is 3. The first kappa shape index (κ1) is 35.4. The predicted molar refractivity (Wildman–Crippen MR) is 164 cm³/mol. The van der Waals surface area contributed by atoms with E-state index >= 15 is 0 Å². The maximum absolute atomic E-state index is 13.4. The molecule has 4 fully saturated rings. The third kappa shape index (κ3) is 8.47. The Morgan fingerprint density at radius 3 is 2.35 bits per heavy atom. The first-order valence-electron chi connectivity index (χ1n) is 16.2. The molecule has 0 saturated carbocycles. The number of Topliss-reactive ketones (excluding diaryl/α,β-unsaturated/α-hetero) is 1. The van der Waals surface area contributed by atoms with Gasteiger partial charge >= 0.3 is 0 Å². The first-order chi connectivity index (χ1) is 20.2. The Labute approximate surface area is 260 Å². The van der Waals surface area contributed by atoms with Crippen LogP contribution in [0.25, 0.3) is 0 Å². The van der Waals surface area contributed by atoms with Gasteiger partial charge in [0.15, 0.2) is 14.1 Å². The zero-order chi connectivity index (χ0) is 31.5. The minimum Gasteiger partial charge on any atom is -0.414 e. The van der Waals surface area contributed by atoms with Crippen LogP contribution in [-0.2, 0) is 47.1 Å². The van der Waals surface area contributed by atoms with Crippen LogP contribution in [0.4, 0.5) is 0 Å². The molecule has 9 atom stereocenters. The van der Waals surface area contributed by atoms with Crippen molar-refractivity contribution in [1.29, 1.82) is 0 Å². The molecule has 0 aromatic rings. The van der Waals surface area contributed by atoms with Crippen LogP contribution >= 0.6 is 0 Å². The molecule has 0 unspecified atom stereocenters. The van der Waals surface area contributed by atoms with Gasteiger partial charge in [0.2, 0.25) is 0 Å². The third-order valence-electron chi connectivity index (χ3n) is 10.5. The summed E-state index contributed by atoms with van der Waals surface area (Å²) < 4.78 is 55.4. The number of carbonyl (C=O) groups excluding carboxylic acids is 1. The molecule has 0 aromatic heterocycles. The average molecular weight is 631 g/mol. The highest BCUT2D eigenvalue weighted by atomic mass is 28.4. The minimum absolute atomic E-state index is 0.0942. The van der Waals surface area contributed by atoms with E-state index in [0.717, 1.165) is 38.5 Å². The topological polar surface area (TPSA) is 100 Å². The molecular weight excluding hydrogens is 572 g/mol. The SMILES string of the molecule is COCOCCC[C@H]1O[C@H]2CC[C@@]3(C)O[C@H]4C(=O)C[C@@H](CO[Si](C)(C)C(C)(C)C)O[C@@H]4C[C@@H]3O[C@@H]2CC[C@]1(C)OCOC. The summed E-state index contributed by atoms with van der Waals surface area (Å²) in [7, 11) is 1.30. The molecule has 0 bridgehead atoms. The van der Waals surface area contributed by atoms with E-state index in [9.17, 15) is 4.79 Å². The van der Waals surface area contributed by atoms with Crippen LogP contribution in [-0.4, -0.2) is 109 Å². The predicted octanol–water partition coefficient (Wildman–Crippen LogP) is 5.16. The molecule has 0 radical (unpaired) electrons. The quantitative estimate of drug-likeness (QED) is 0.163. The molecule has 10 nitrogen and oxygen atoms in total. The Morgan fingerprint density at radius 2 is 1.65 bits per heavy atom. The summed E-state index contributed by atoms with van der Waals surface area (Å²) in [6, 6.07) is 0. The van der Waals surface area contributed by atoms with Gasteiger partial charge in [0, 0.05) is 33.7 Å². The number of ether oxygens (including phenoxy) is 8. The summed E-state index contributed by atoms with van der Waals surface area (Å²) in [5.41, 5.74) is -1.10. The first-order valence-corrected chi connectivity index (χ1v) is 19.1. The van der Waals surface area contributed by atoms with Crippen molar-refractivity contribution in [3.63, 3.8) is 0 Å². The zero-order valence-corrected chi connectivity index (χ0v) is 29.1. The second-order valence-corrected chi connectivity index (χ2v) is 19.7. The molecule has 11 heteroatoms. The highest BCUT2D eigenvalue weighted by molar-refractivity contribution is 6.74. The van der Waals surface area contributed by atoms with E-state index in [1.54, 1.807) is 14.2 Å². The van der Waals surface area contributed by atoms with Gasteiger partial charge in [-0.25, -0.2) is 0 Å². The van der Waals surface area contributed by atoms with Crippen LogP contribution in [0.5, 0.6) is 0 Å².